The third kappa shape index (κ3) is 5.29. The highest BCUT2D eigenvalue weighted by Gasteiger charge is 2.21. The average Bonchev–Trinajstić information content (AvgIpc) is 3.59. The maximum atomic E-state index is 11.5. The lowest BCUT2D eigenvalue weighted by Gasteiger charge is -2.02. The van der Waals surface area contributed by atoms with Crippen molar-refractivity contribution in [3.8, 4) is 0 Å². The summed E-state index contributed by atoms with van der Waals surface area (Å²) in [5.41, 5.74) is 15.4. The third-order valence-corrected chi connectivity index (χ3v) is 8.69. The van der Waals surface area contributed by atoms with Gasteiger partial charge in [-0.2, -0.15) is 0 Å². The van der Waals surface area contributed by atoms with Crippen molar-refractivity contribution in [2.45, 2.75) is 80.1 Å². The molecule has 0 saturated heterocycles. The molecule has 8 nitrogen and oxygen atoms in total. The van der Waals surface area contributed by atoms with E-state index in [1.54, 1.807) is 0 Å². The molecule has 0 saturated carbocycles. The van der Waals surface area contributed by atoms with Gasteiger partial charge in [-0.3, -0.25) is 9.59 Å². The standard InChI is InChI=1S/C34H38N4O4/c1-7-21-17(3)25-13-29-22(8-2)18(4)26(36-29)15-31-24(10-12-34(41)42)20(6)28(38-31)16-32-23(9-11-33(39)40)19(5)27(37-32)14-30(21)35-25/h13-16,36-37H,7-12H2,1-6H3,(H,39,40)(H,41,42). The van der Waals surface area contributed by atoms with Crippen molar-refractivity contribution < 1.29 is 19.8 Å². The number of allylic oxidation sites excluding steroid dienone is 4. The molecule has 5 rings (SSSR count). The van der Waals surface area contributed by atoms with Gasteiger partial charge in [0.05, 0.1) is 22.8 Å². The Bertz CT molecular complexity index is 1850. The Labute approximate surface area is 245 Å². The lowest BCUT2D eigenvalue weighted by Crippen LogP contribution is -1.98. The lowest BCUT2D eigenvalue weighted by molar-refractivity contribution is -0.137. The first-order valence-corrected chi connectivity index (χ1v) is 14.6. The molecule has 4 N–H and O–H groups in total. The molecule has 8 bridgehead atoms. The van der Waals surface area contributed by atoms with Crippen LogP contribution in [0.4, 0.5) is 0 Å². The molecule has 218 valence electrons. The highest BCUT2D eigenvalue weighted by atomic mass is 16.4. The number of H-pyrrole nitrogens is 2. The van der Waals surface area contributed by atoms with Gasteiger partial charge in [0.15, 0.2) is 0 Å². The number of carboxylic acids is 2. The van der Waals surface area contributed by atoms with Crippen LogP contribution in [0, 0.1) is 13.8 Å². The van der Waals surface area contributed by atoms with Crippen LogP contribution in [0.3, 0.4) is 0 Å². The van der Waals surface area contributed by atoms with Gasteiger partial charge in [0.1, 0.15) is 0 Å². The van der Waals surface area contributed by atoms with Gasteiger partial charge in [-0.25, -0.2) is 9.97 Å². The maximum absolute atomic E-state index is 11.5. The van der Waals surface area contributed by atoms with Crippen LogP contribution < -0.4 is 0 Å². The Balaban J connectivity index is 1.92. The number of hydrogen-bond donors (Lipinski definition) is 4. The monoisotopic (exact) mass is 566 g/mol. The zero-order chi connectivity index (χ0) is 30.3. The van der Waals surface area contributed by atoms with Crippen LogP contribution in [-0.4, -0.2) is 42.1 Å². The van der Waals surface area contributed by atoms with Crippen LogP contribution in [0.15, 0.2) is 24.3 Å². The van der Waals surface area contributed by atoms with Crippen LogP contribution in [0.5, 0.6) is 0 Å². The fourth-order valence-corrected chi connectivity index (χ4v) is 6.22. The van der Waals surface area contributed by atoms with E-state index in [9.17, 15) is 19.8 Å². The number of aliphatic carboxylic acids is 2. The van der Waals surface area contributed by atoms with E-state index in [0.717, 1.165) is 91.1 Å². The van der Waals surface area contributed by atoms with Crippen molar-refractivity contribution in [3.05, 3.63) is 69.3 Å². The van der Waals surface area contributed by atoms with E-state index in [0.29, 0.717) is 12.8 Å². The molecule has 0 aromatic carbocycles. The van der Waals surface area contributed by atoms with Gasteiger partial charge in [0, 0.05) is 34.9 Å². The first-order valence-electron chi connectivity index (χ1n) is 14.6. The van der Waals surface area contributed by atoms with Crippen molar-refractivity contribution >= 4 is 56.3 Å². The summed E-state index contributed by atoms with van der Waals surface area (Å²) < 4.78 is 0. The van der Waals surface area contributed by atoms with Gasteiger partial charge in [-0.05, 0) is 122 Å². The minimum absolute atomic E-state index is 0.00412. The van der Waals surface area contributed by atoms with E-state index in [2.05, 4.69) is 49.8 Å². The Morgan fingerprint density at radius 3 is 1.60 bits per heavy atom. The molecule has 0 atom stereocenters. The largest absolute Gasteiger partial charge is 0.481 e. The molecule has 42 heavy (non-hydrogen) atoms. The summed E-state index contributed by atoms with van der Waals surface area (Å²) in [5.74, 6) is -1.71. The Morgan fingerprint density at radius 2 is 1.07 bits per heavy atom. The zero-order valence-corrected chi connectivity index (χ0v) is 25.2. The zero-order valence-electron chi connectivity index (χ0n) is 25.2. The van der Waals surface area contributed by atoms with Gasteiger partial charge in [0.25, 0.3) is 0 Å². The summed E-state index contributed by atoms with van der Waals surface area (Å²) in [5, 5.41) is 18.9. The molecule has 8 heteroatoms. The topological polar surface area (TPSA) is 132 Å². The van der Waals surface area contributed by atoms with E-state index < -0.39 is 11.9 Å². The van der Waals surface area contributed by atoms with E-state index in [4.69, 9.17) is 9.97 Å². The number of carboxylic acid groups (broad SMARTS) is 2. The number of rotatable bonds is 8. The van der Waals surface area contributed by atoms with E-state index in [1.165, 1.54) is 11.1 Å². The summed E-state index contributed by atoms with van der Waals surface area (Å²) in [6.07, 6.45) is 2.44. The molecule has 5 heterocycles. The quantitative estimate of drug-likeness (QED) is 0.221. The van der Waals surface area contributed by atoms with Gasteiger partial charge in [0.2, 0.25) is 0 Å². The van der Waals surface area contributed by atoms with Crippen LogP contribution in [0.2, 0.25) is 0 Å². The maximum Gasteiger partial charge on any atom is 0.303 e. The molecule has 0 unspecified atom stereocenters. The Kier molecular flexibility index (Phi) is 7.91. The first kappa shape index (κ1) is 29.0. The highest BCUT2D eigenvalue weighted by Crippen LogP contribution is 2.36. The fourth-order valence-electron chi connectivity index (χ4n) is 6.22. The predicted molar refractivity (Wildman–Crippen MR) is 168 cm³/mol. The number of aryl methyl sites for hydroxylation is 4. The van der Waals surface area contributed by atoms with Crippen molar-refractivity contribution in [2.75, 3.05) is 0 Å². The van der Waals surface area contributed by atoms with Gasteiger partial charge in [-0.1, -0.05) is 13.8 Å². The molecule has 3 aromatic rings. The molecular weight excluding hydrogens is 528 g/mol. The molecule has 0 fully saturated rings. The van der Waals surface area contributed by atoms with Gasteiger partial charge >= 0.3 is 11.9 Å². The number of nitrogens with zero attached hydrogens (tertiary/aromatic N) is 2. The van der Waals surface area contributed by atoms with Crippen LogP contribution in [0.25, 0.3) is 44.4 Å². The van der Waals surface area contributed by atoms with E-state index in [-0.39, 0.29) is 12.8 Å². The lowest BCUT2D eigenvalue weighted by atomic mass is 10.0. The highest BCUT2D eigenvalue weighted by molar-refractivity contribution is 5.95. The average molecular weight is 567 g/mol. The smallest absolute Gasteiger partial charge is 0.303 e. The molecule has 0 radical (unpaired) electrons. The van der Waals surface area contributed by atoms with Crippen LogP contribution in [0.1, 0.15) is 98.4 Å². The SMILES string of the molecule is CCC1=C(C)c2cc3[nH]c(cc4nc(cc5[nH]c(cc1n2)c(C)c5CCC(=O)O)C(C)=C4CCC(=O)O)c(C)c3CC. The van der Waals surface area contributed by atoms with Crippen LogP contribution >= 0.6 is 0 Å². The molecule has 0 spiro atoms. The van der Waals surface area contributed by atoms with E-state index >= 15 is 0 Å². The Hall–Kier alpha value is -4.46. The minimum atomic E-state index is -0.856. The second-order valence-corrected chi connectivity index (χ2v) is 11.2. The number of aromatic nitrogens is 4. The third-order valence-electron chi connectivity index (χ3n) is 8.69. The minimum Gasteiger partial charge on any atom is -0.481 e. The normalized spacial score (nSPS) is 13.3. The first-order chi connectivity index (χ1) is 20.0. The van der Waals surface area contributed by atoms with Crippen LogP contribution in [-0.2, 0) is 22.4 Å². The second-order valence-electron chi connectivity index (χ2n) is 11.2. The van der Waals surface area contributed by atoms with Gasteiger partial charge in [-0.15, -0.1) is 0 Å². The van der Waals surface area contributed by atoms with Gasteiger partial charge < -0.3 is 20.2 Å². The van der Waals surface area contributed by atoms with Crippen molar-refractivity contribution in [3.63, 3.8) is 0 Å². The number of fused-ring (bicyclic) bond motifs is 8. The van der Waals surface area contributed by atoms with Crippen molar-refractivity contribution in [1.82, 2.24) is 19.9 Å². The predicted octanol–water partition coefficient (Wildman–Crippen LogP) is 7.65. The Morgan fingerprint density at radius 1 is 0.619 bits per heavy atom. The summed E-state index contributed by atoms with van der Waals surface area (Å²) in [7, 11) is 0. The number of aromatic amines is 2. The molecular formula is C34H38N4O4. The summed E-state index contributed by atoms with van der Waals surface area (Å²) >= 11 is 0. The van der Waals surface area contributed by atoms with E-state index in [1.807, 2.05) is 26.0 Å². The summed E-state index contributed by atoms with van der Waals surface area (Å²) in [4.78, 5) is 40.3. The number of carbonyl (C=O) groups is 2. The second kappa shape index (κ2) is 11.4. The fraction of sp³-hybridized carbons (Fsp3) is 0.353. The van der Waals surface area contributed by atoms with Crippen molar-refractivity contribution in [1.29, 1.82) is 0 Å². The summed E-state index contributed by atoms with van der Waals surface area (Å²) in [6, 6.07) is 8.19. The molecule has 2 aliphatic rings. The number of hydrogen-bond acceptors (Lipinski definition) is 4. The number of nitrogens with one attached hydrogen (secondary N) is 2. The molecule has 0 amide bonds. The molecule has 2 aliphatic heterocycles. The summed E-state index contributed by atoms with van der Waals surface area (Å²) in [6.45, 7) is 12.5. The molecule has 0 aliphatic carbocycles. The van der Waals surface area contributed by atoms with Crippen molar-refractivity contribution in [2.24, 2.45) is 0 Å². The molecule has 3 aromatic heterocycles.